The number of benzene rings is 1. The summed E-state index contributed by atoms with van der Waals surface area (Å²) in [5.41, 5.74) is 2.26. The summed E-state index contributed by atoms with van der Waals surface area (Å²) in [5.74, 6) is 0.194. The number of aromatic nitrogens is 1. The van der Waals surface area contributed by atoms with Crippen LogP contribution < -0.4 is 4.74 Å². The Balaban J connectivity index is 2.76. The second-order valence-electron chi connectivity index (χ2n) is 3.69. The molecule has 4 nitrogen and oxygen atoms in total. The summed E-state index contributed by atoms with van der Waals surface area (Å²) in [6, 6.07) is 5.30. The number of methoxy groups -OCH3 is 2. The molecule has 4 heteroatoms. The summed E-state index contributed by atoms with van der Waals surface area (Å²) < 4.78 is 9.96. The van der Waals surface area contributed by atoms with E-state index in [1.54, 1.807) is 25.4 Å². The van der Waals surface area contributed by atoms with Crippen molar-refractivity contribution in [3.05, 3.63) is 35.5 Å². The Morgan fingerprint density at radius 2 is 2.06 bits per heavy atom. The van der Waals surface area contributed by atoms with Crippen LogP contribution in [-0.2, 0) is 4.74 Å². The van der Waals surface area contributed by atoms with E-state index in [2.05, 4.69) is 4.98 Å². The summed E-state index contributed by atoms with van der Waals surface area (Å²) in [5, 5.41) is 0.896. The molecule has 1 aromatic carbocycles. The predicted octanol–water partition coefficient (Wildman–Crippen LogP) is 2.34. The molecular weight excluding hydrogens is 218 g/mol. The van der Waals surface area contributed by atoms with E-state index in [9.17, 15) is 4.79 Å². The van der Waals surface area contributed by atoms with Gasteiger partial charge in [0.25, 0.3) is 0 Å². The summed E-state index contributed by atoms with van der Waals surface area (Å²) >= 11 is 0. The zero-order valence-corrected chi connectivity index (χ0v) is 9.98. The second kappa shape index (κ2) is 4.41. The van der Waals surface area contributed by atoms with Gasteiger partial charge in [0, 0.05) is 11.6 Å². The molecular formula is C13H13NO3. The van der Waals surface area contributed by atoms with Crippen LogP contribution in [0.4, 0.5) is 0 Å². The van der Waals surface area contributed by atoms with Gasteiger partial charge >= 0.3 is 5.97 Å². The number of fused-ring (bicyclic) bond motifs is 1. The van der Waals surface area contributed by atoms with E-state index in [0.717, 1.165) is 16.5 Å². The molecule has 0 aliphatic rings. The number of nitrogens with zero attached hydrogens (tertiary/aromatic N) is 1. The molecule has 0 saturated carbocycles. The van der Waals surface area contributed by atoms with Crippen LogP contribution in [-0.4, -0.2) is 25.2 Å². The van der Waals surface area contributed by atoms with E-state index in [0.29, 0.717) is 11.3 Å². The number of aryl methyl sites for hydroxylation is 1. The van der Waals surface area contributed by atoms with Gasteiger partial charge in [0.05, 0.1) is 19.8 Å². The lowest BCUT2D eigenvalue weighted by atomic mass is 10.1. The van der Waals surface area contributed by atoms with E-state index in [1.807, 2.05) is 13.0 Å². The van der Waals surface area contributed by atoms with Gasteiger partial charge in [0.1, 0.15) is 11.3 Å². The molecule has 2 rings (SSSR count). The molecule has 17 heavy (non-hydrogen) atoms. The van der Waals surface area contributed by atoms with Gasteiger partial charge in [-0.25, -0.2) is 4.79 Å². The second-order valence-corrected chi connectivity index (χ2v) is 3.69. The third-order valence-electron chi connectivity index (χ3n) is 2.67. The first-order chi connectivity index (χ1) is 8.17. The first kappa shape index (κ1) is 11.4. The van der Waals surface area contributed by atoms with Crippen LogP contribution in [0.5, 0.6) is 5.75 Å². The Morgan fingerprint density at radius 1 is 1.29 bits per heavy atom. The van der Waals surface area contributed by atoms with E-state index < -0.39 is 0 Å². The summed E-state index contributed by atoms with van der Waals surface area (Å²) in [7, 11) is 2.91. The van der Waals surface area contributed by atoms with Crippen LogP contribution in [0, 0.1) is 6.92 Å². The Hall–Kier alpha value is -2.10. The third kappa shape index (κ3) is 1.93. The molecule has 0 atom stereocenters. The maximum atomic E-state index is 11.5. The number of carbonyl (C=O) groups excluding carboxylic acids is 1. The van der Waals surface area contributed by atoms with Gasteiger partial charge in [0.15, 0.2) is 0 Å². The lowest BCUT2D eigenvalue weighted by Crippen LogP contribution is -2.02. The molecule has 0 saturated heterocycles. The van der Waals surface area contributed by atoms with Crippen molar-refractivity contribution in [1.29, 1.82) is 0 Å². The molecule has 1 heterocycles. The van der Waals surface area contributed by atoms with Crippen molar-refractivity contribution < 1.29 is 14.3 Å². The van der Waals surface area contributed by atoms with Crippen molar-refractivity contribution in [1.82, 2.24) is 4.98 Å². The van der Waals surface area contributed by atoms with Crippen LogP contribution in [0.25, 0.3) is 10.9 Å². The smallest absolute Gasteiger partial charge is 0.338 e. The molecule has 88 valence electrons. The molecule has 0 unspecified atom stereocenters. The molecule has 0 aliphatic carbocycles. The third-order valence-corrected chi connectivity index (χ3v) is 2.67. The standard InChI is InChI=1S/C13H13NO3/c1-8-4-5-14-12-10(8)6-9(13(15)17-3)7-11(12)16-2/h4-7H,1-3H3. The largest absolute Gasteiger partial charge is 0.494 e. The Morgan fingerprint density at radius 3 is 2.71 bits per heavy atom. The summed E-state index contributed by atoms with van der Waals surface area (Å²) in [6.45, 7) is 1.96. The molecule has 0 amide bonds. The lowest BCUT2D eigenvalue weighted by molar-refractivity contribution is 0.0600. The monoisotopic (exact) mass is 231 g/mol. The van der Waals surface area contributed by atoms with Crippen LogP contribution in [0.15, 0.2) is 24.4 Å². The van der Waals surface area contributed by atoms with Gasteiger partial charge in [-0.3, -0.25) is 4.98 Å². The fourth-order valence-corrected chi connectivity index (χ4v) is 1.75. The molecule has 2 aromatic rings. The van der Waals surface area contributed by atoms with Crippen molar-refractivity contribution in [2.45, 2.75) is 6.92 Å². The number of pyridine rings is 1. The van der Waals surface area contributed by atoms with Crippen molar-refractivity contribution in [3.8, 4) is 5.75 Å². The number of rotatable bonds is 2. The van der Waals surface area contributed by atoms with Gasteiger partial charge in [-0.1, -0.05) is 0 Å². The average molecular weight is 231 g/mol. The summed E-state index contributed by atoms with van der Waals surface area (Å²) in [6.07, 6.45) is 1.72. The molecule has 0 fully saturated rings. The Kier molecular flexibility index (Phi) is 2.95. The molecule has 0 N–H and O–H groups in total. The molecule has 0 bridgehead atoms. The van der Waals surface area contributed by atoms with Gasteiger partial charge in [-0.2, -0.15) is 0 Å². The highest BCUT2D eigenvalue weighted by Crippen LogP contribution is 2.27. The highest BCUT2D eigenvalue weighted by Gasteiger charge is 2.12. The van der Waals surface area contributed by atoms with Gasteiger partial charge in [-0.05, 0) is 30.7 Å². The highest BCUT2D eigenvalue weighted by atomic mass is 16.5. The number of esters is 1. The minimum Gasteiger partial charge on any atom is -0.494 e. The van der Waals surface area contributed by atoms with Crippen LogP contribution >= 0.6 is 0 Å². The number of carbonyl (C=O) groups is 1. The zero-order chi connectivity index (χ0) is 12.4. The fraction of sp³-hybridized carbons (Fsp3) is 0.231. The number of hydrogen-bond acceptors (Lipinski definition) is 4. The fourth-order valence-electron chi connectivity index (χ4n) is 1.75. The van der Waals surface area contributed by atoms with Gasteiger partial charge in [-0.15, -0.1) is 0 Å². The van der Waals surface area contributed by atoms with E-state index >= 15 is 0 Å². The van der Waals surface area contributed by atoms with Crippen molar-refractivity contribution in [2.24, 2.45) is 0 Å². The predicted molar refractivity (Wildman–Crippen MR) is 64.4 cm³/mol. The number of ether oxygens (including phenoxy) is 2. The van der Waals surface area contributed by atoms with Crippen molar-refractivity contribution in [3.63, 3.8) is 0 Å². The van der Waals surface area contributed by atoms with E-state index in [-0.39, 0.29) is 5.97 Å². The minimum absolute atomic E-state index is 0.381. The first-order valence-electron chi connectivity index (χ1n) is 5.19. The Labute approximate surface area is 99.2 Å². The number of hydrogen-bond donors (Lipinski definition) is 0. The van der Waals surface area contributed by atoms with E-state index in [1.165, 1.54) is 7.11 Å². The van der Waals surface area contributed by atoms with Gasteiger partial charge in [0.2, 0.25) is 0 Å². The SMILES string of the molecule is COC(=O)c1cc(OC)c2nccc(C)c2c1. The quantitative estimate of drug-likeness (QED) is 0.744. The zero-order valence-electron chi connectivity index (χ0n) is 9.98. The summed E-state index contributed by atoms with van der Waals surface area (Å²) in [4.78, 5) is 15.8. The highest BCUT2D eigenvalue weighted by molar-refractivity contribution is 5.97. The molecule has 1 aromatic heterocycles. The maximum absolute atomic E-state index is 11.5. The van der Waals surface area contributed by atoms with Crippen molar-refractivity contribution >= 4 is 16.9 Å². The minimum atomic E-state index is -0.381. The normalized spacial score (nSPS) is 10.3. The van der Waals surface area contributed by atoms with Gasteiger partial charge < -0.3 is 9.47 Å². The van der Waals surface area contributed by atoms with Crippen LogP contribution in [0.1, 0.15) is 15.9 Å². The van der Waals surface area contributed by atoms with Crippen LogP contribution in [0.3, 0.4) is 0 Å². The van der Waals surface area contributed by atoms with E-state index in [4.69, 9.17) is 9.47 Å². The molecule has 0 aliphatic heterocycles. The van der Waals surface area contributed by atoms with Crippen LogP contribution in [0.2, 0.25) is 0 Å². The lowest BCUT2D eigenvalue weighted by Gasteiger charge is -2.09. The maximum Gasteiger partial charge on any atom is 0.338 e. The topological polar surface area (TPSA) is 48.4 Å². The molecule has 0 spiro atoms. The van der Waals surface area contributed by atoms with Crippen molar-refractivity contribution in [2.75, 3.05) is 14.2 Å². The average Bonchev–Trinajstić information content (AvgIpc) is 2.37. The Bertz CT molecular complexity index is 578. The molecule has 0 radical (unpaired) electrons. The first-order valence-corrected chi connectivity index (χ1v) is 5.19.